The Balaban J connectivity index is 1.32. The minimum atomic E-state index is -0.417. The Kier molecular flexibility index (Phi) is 9.23. The Morgan fingerprint density at radius 1 is 0.571 bits per heavy atom. The molecule has 0 bridgehead atoms. The van der Waals surface area contributed by atoms with Crippen molar-refractivity contribution in [2.24, 2.45) is 0 Å². The summed E-state index contributed by atoms with van der Waals surface area (Å²) in [5, 5.41) is 2.22. The molecule has 0 spiro atoms. The van der Waals surface area contributed by atoms with Gasteiger partial charge in [0.15, 0.2) is 0 Å². The first-order valence-corrected chi connectivity index (χ1v) is 14.4. The monoisotopic (exact) mass is 560 g/mol. The van der Waals surface area contributed by atoms with Crippen molar-refractivity contribution in [1.82, 2.24) is 0 Å². The van der Waals surface area contributed by atoms with E-state index in [1.54, 1.807) is 7.11 Å². The topological polar surface area (TPSA) is 46.2 Å². The highest BCUT2D eigenvalue weighted by molar-refractivity contribution is 5.85. The van der Waals surface area contributed by atoms with E-state index in [1.165, 1.54) is 0 Å². The molecule has 6 rings (SSSR count). The lowest BCUT2D eigenvalue weighted by Gasteiger charge is -2.26. The lowest BCUT2D eigenvalue weighted by Crippen LogP contribution is -2.37. The fourth-order valence-corrected chi connectivity index (χ4v) is 5.53. The third-order valence-corrected chi connectivity index (χ3v) is 7.68. The van der Waals surface area contributed by atoms with Gasteiger partial charge in [0.2, 0.25) is 0 Å². The summed E-state index contributed by atoms with van der Waals surface area (Å²) in [4.78, 5) is 0. The minimum absolute atomic E-state index is 0.348. The molecule has 42 heavy (non-hydrogen) atoms. The van der Waals surface area contributed by atoms with E-state index in [0.29, 0.717) is 26.4 Å². The van der Waals surface area contributed by atoms with Gasteiger partial charge in [-0.25, -0.2) is 0 Å². The van der Waals surface area contributed by atoms with Gasteiger partial charge in [-0.2, -0.15) is 0 Å². The Morgan fingerprint density at radius 2 is 1.07 bits per heavy atom. The number of methoxy groups -OCH3 is 1. The maximum Gasteiger partial charge on any atom is 0.125 e. The van der Waals surface area contributed by atoms with Crippen LogP contribution in [0.3, 0.4) is 0 Å². The highest BCUT2D eigenvalue weighted by Gasteiger charge is 2.48. The number of rotatable bonds is 12. The van der Waals surface area contributed by atoms with Crippen LogP contribution in [0, 0.1) is 0 Å². The van der Waals surface area contributed by atoms with Crippen molar-refractivity contribution in [3.05, 3.63) is 150 Å². The van der Waals surface area contributed by atoms with E-state index in [2.05, 4.69) is 60.7 Å². The van der Waals surface area contributed by atoms with Crippen molar-refractivity contribution >= 4 is 10.8 Å². The molecule has 1 aliphatic heterocycles. The summed E-state index contributed by atoms with van der Waals surface area (Å²) in [5.74, 6) is 0.764. The first-order chi connectivity index (χ1) is 20.8. The van der Waals surface area contributed by atoms with Crippen LogP contribution in [0.5, 0.6) is 5.75 Å². The van der Waals surface area contributed by atoms with Gasteiger partial charge in [0.05, 0.1) is 33.5 Å². The Hall–Kier alpha value is -4.00. The van der Waals surface area contributed by atoms with E-state index in [-0.39, 0.29) is 12.2 Å². The number of hydrogen-bond acceptors (Lipinski definition) is 5. The smallest absolute Gasteiger partial charge is 0.125 e. The molecule has 4 atom stereocenters. The third-order valence-electron chi connectivity index (χ3n) is 7.68. The molecule has 5 aromatic rings. The van der Waals surface area contributed by atoms with Gasteiger partial charge in [0.1, 0.15) is 30.2 Å². The molecule has 0 radical (unpaired) electrons. The van der Waals surface area contributed by atoms with Crippen molar-refractivity contribution in [2.45, 2.75) is 44.2 Å². The zero-order chi connectivity index (χ0) is 28.6. The zero-order valence-corrected chi connectivity index (χ0v) is 23.8. The standard InChI is InChI=1S/C37H36O5/c1-38-33-22-31-20-12-11-19-30(31)21-32(33)35-37(41-25-29-17-9-4-10-18-29)36(40-24-28-15-7-3-8-16-28)34(42-35)26-39-23-27-13-5-2-6-14-27/h2-22,34-37H,23-26H2,1H3/t34-,35+,36-,37+/m1/s1. The van der Waals surface area contributed by atoms with Crippen molar-refractivity contribution in [3.63, 3.8) is 0 Å². The number of ether oxygens (including phenoxy) is 5. The predicted octanol–water partition coefficient (Wildman–Crippen LogP) is 7.68. The molecule has 5 heteroatoms. The molecule has 0 aromatic heterocycles. The van der Waals surface area contributed by atoms with E-state index in [1.807, 2.05) is 66.7 Å². The molecule has 0 N–H and O–H groups in total. The van der Waals surface area contributed by atoms with Gasteiger partial charge in [0.25, 0.3) is 0 Å². The summed E-state index contributed by atoms with van der Waals surface area (Å²) in [6.45, 7) is 1.73. The summed E-state index contributed by atoms with van der Waals surface area (Å²) < 4.78 is 32.3. The summed E-state index contributed by atoms with van der Waals surface area (Å²) >= 11 is 0. The van der Waals surface area contributed by atoms with Gasteiger partial charge in [-0.1, -0.05) is 115 Å². The van der Waals surface area contributed by atoms with Gasteiger partial charge < -0.3 is 23.7 Å². The highest BCUT2D eigenvalue weighted by Crippen LogP contribution is 2.43. The molecule has 1 heterocycles. The lowest BCUT2D eigenvalue weighted by atomic mass is 9.97. The average molecular weight is 561 g/mol. The molecular weight excluding hydrogens is 524 g/mol. The largest absolute Gasteiger partial charge is 0.496 e. The SMILES string of the molecule is COc1cc2ccccc2cc1[C@@H]1O[C@H](COCc2ccccc2)[C@@H](OCc2ccccc2)[C@H]1OCc1ccccc1. The lowest BCUT2D eigenvalue weighted by molar-refractivity contribution is -0.0898. The van der Waals surface area contributed by atoms with Crippen LogP contribution in [0.2, 0.25) is 0 Å². The van der Waals surface area contributed by atoms with Gasteiger partial charge in [-0.3, -0.25) is 0 Å². The molecular formula is C37H36O5. The van der Waals surface area contributed by atoms with Crippen molar-refractivity contribution < 1.29 is 23.7 Å². The van der Waals surface area contributed by atoms with Crippen LogP contribution in [-0.4, -0.2) is 32.0 Å². The van der Waals surface area contributed by atoms with Crippen molar-refractivity contribution in [2.75, 3.05) is 13.7 Å². The fourth-order valence-electron chi connectivity index (χ4n) is 5.53. The van der Waals surface area contributed by atoms with Crippen LogP contribution in [0.4, 0.5) is 0 Å². The van der Waals surface area contributed by atoms with Crippen LogP contribution in [-0.2, 0) is 38.8 Å². The normalized spacial score (nSPS) is 20.1. The van der Waals surface area contributed by atoms with Crippen LogP contribution >= 0.6 is 0 Å². The number of hydrogen-bond donors (Lipinski definition) is 0. The molecule has 0 saturated carbocycles. The molecule has 5 aromatic carbocycles. The van der Waals surface area contributed by atoms with E-state index < -0.39 is 12.2 Å². The van der Waals surface area contributed by atoms with Crippen molar-refractivity contribution in [3.8, 4) is 5.75 Å². The summed E-state index contributed by atoms with van der Waals surface area (Å²) in [6.07, 6.45) is -1.53. The summed E-state index contributed by atoms with van der Waals surface area (Å²) in [5.41, 5.74) is 4.23. The Morgan fingerprint density at radius 3 is 1.64 bits per heavy atom. The molecule has 1 fully saturated rings. The first-order valence-electron chi connectivity index (χ1n) is 14.4. The molecule has 1 aliphatic rings. The van der Waals surface area contributed by atoms with E-state index in [4.69, 9.17) is 23.7 Å². The molecule has 5 nitrogen and oxygen atoms in total. The second kappa shape index (κ2) is 13.8. The van der Waals surface area contributed by atoms with Crippen LogP contribution < -0.4 is 4.74 Å². The molecule has 0 unspecified atom stereocenters. The zero-order valence-electron chi connectivity index (χ0n) is 23.8. The van der Waals surface area contributed by atoms with Gasteiger partial charge in [0, 0.05) is 5.56 Å². The number of fused-ring (bicyclic) bond motifs is 1. The molecule has 1 saturated heterocycles. The predicted molar refractivity (Wildman–Crippen MR) is 164 cm³/mol. The van der Waals surface area contributed by atoms with E-state index in [0.717, 1.165) is 38.8 Å². The van der Waals surface area contributed by atoms with E-state index in [9.17, 15) is 0 Å². The minimum Gasteiger partial charge on any atom is -0.496 e. The first kappa shape index (κ1) is 28.1. The van der Waals surface area contributed by atoms with Crippen molar-refractivity contribution in [1.29, 1.82) is 0 Å². The Labute approximate surface area is 247 Å². The van der Waals surface area contributed by atoms with Gasteiger partial charge in [-0.15, -0.1) is 0 Å². The average Bonchev–Trinajstić information content (AvgIpc) is 3.40. The third kappa shape index (κ3) is 6.72. The second-order valence-corrected chi connectivity index (χ2v) is 10.6. The second-order valence-electron chi connectivity index (χ2n) is 10.6. The highest BCUT2D eigenvalue weighted by atomic mass is 16.6. The van der Waals surface area contributed by atoms with Crippen LogP contribution in [0.15, 0.2) is 127 Å². The molecule has 214 valence electrons. The fraction of sp³-hybridized carbons (Fsp3) is 0.243. The van der Waals surface area contributed by atoms with E-state index >= 15 is 0 Å². The maximum absolute atomic E-state index is 6.82. The quantitative estimate of drug-likeness (QED) is 0.157. The van der Waals surface area contributed by atoms with Crippen LogP contribution in [0.25, 0.3) is 10.8 Å². The van der Waals surface area contributed by atoms with Gasteiger partial charge in [-0.05, 0) is 39.6 Å². The molecule has 0 aliphatic carbocycles. The Bertz CT molecular complexity index is 1540. The molecule has 0 amide bonds. The summed E-state index contributed by atoms with van der Waals surface area (Å²) in [6, 6.07) is 43.1. The maximum atomic E-state index is 6.82. The van der Waals surface area contributed by atoms with Crippen LogP contribution in [0.1, 0.15) is 28.4 Å². The van der Waals surface area contributed by atoms with Gasteiger partial charge >= 0.3 is 0 Å². The summed E-state index contributed by atoms with van der Waals surface area (Å²) in [7, 11) is 1.70. The number of benzene rings is 5.